The summed E-state index contributed by atoms with van der Waals surface area (Å²) in [6.45, 7) is 5.71. The zero-order chi connectivity index (χ0) is 15.2. The van der Waals surface area contributed by atoms with Gasteiger partial charge in [0, 0.05) is 45.8 Å². The Bertz CT molecular complexity index is 365. The highest BCUT2D eigenvalue weighted by Gasteiger charge is 2.27. The molecule has 6 heteroatoms. The van der Waals surface area contributed by atoms with Gasteiger partial charge in [0.05, 0.1) is 6.54 Å². The third kappa shape index (κ3) is 4.41. The molecule has 2 aliphatic rings. The van der Waals surface area contributed by atoms with Crippen LogP contribution in [0.25, 0.3) is 0 Å². The maximum Gasteiger partial charge on any atom is 0.236 e. The highest BCUT2D eigenvalue weighted by atomic mass is 16.3. The molecule has 6 nitrogen and oxygen atoms in total. The topological polar surface area (TPSA) is 64.1 Å². The van der Waals surface area contributed by atoms with Gasteiger partial charge in [0.2, 0.25) is 11.8 Å². The second kappa shape index (κ2) is 7.75. The quantitative estimate of drug-likeness (QED) is 0.788. The van der Waals surface area contributed by atoms with Gasteiger partial charge in [-0.3, -0.25) is 14.5 Å². The first-order valence-corrected chi connectivity index (χ1v) is 8.00. The smallest absolute Gasteiger partial charge is 0.236 e. The van der Waals surface area contributed by atoms with Crippen LogP contribution in [0.15, 0.2) is 0 Å². The van der Waals surface area contributed by atoms with E-state index in [0.717, 1.165) is 25.8 Å². The first-order chi connectivity index (χ1) is 10.1. The summed E-state index contributed by atoms with van der Waals surface area (Å²) in [7, 11) is 0. The Balaban J connectivity index is 1.82. The Hall–Kier alpha value is -1.14. The molecule has 21 heavy (non-hydrogen) atoms. The summed E-state index contributed by atoms with van der Waals surface area (Å²) in [6, 6.07) is 0.339. The van der Waals surface area contributed by atoms with Crippen molar-refractivity contribution in [1.82, 2.24) is 14.7 Å². The second-order valence-corrected chi connectivity index (χ2v) is 6.02. The highest BCUT2D eigenvalue weighted by molar-refractivity contribution is 5.79. The average Bonchev–Trinajstić information content (AvgIpc) is 2.49. The Morgan fingerprint density at radius 3 is 2.33 bits per heavy atom. The Labute approximate surface area is 126 Å². The minimum atomic E-state index is 0.0844. The van der Waals surface area contributed by atoms with E-state index in [1.54, 1.807) is 11.8 Å². The molecule has 1 atom stereocenters. The summed E-state index contributed by atoms with van der Waals surface area (Å²) in [4.78, 5) is 29.6. The zero-order valence-electron chi connectivity index (χ0n) is 13.0. The van der Waals surface area contributed by atoms with Gasteiger partial charge in [-0.25, -0.2) is 0 Å². The van der Waals surface area contributed by atoms with Crippen molar-refractivity contribution in [3.8, 4) is 0 Å². The van der Waals surface area contributed by atoms with Gasteiger partial charge < -0.3 is 14.9 Å². The molecule has 0 aromatic carbocycles. The first kappa shape index (κ1) is 16.2. The number of nitrogens with zero attached hydrogens (tertiary/aromatic N) is 3. The lowest BCUT2D eigenvalue weighted by molar-refractivity contribution is -0.139. The van der Waals surface area contributed by atoms with Crippen molar-refractivity contribution in [2.24, 2.45) is 0 Å². The number of piperazine rings is 1. The van der Waals surface area contributed by atoms with Crippen LogP contribution in [0.1, 0.15) is 32.6 Å². The van der Waals surface area contributed by atoms with Gasteiger partial charge in [-0.1, -0.05) is 6.42 Å². The van der Waals surface area contributed by atoms with Crippen LogP contribution in [0.3, 0.4) is 0 Å². The predicted octanol–water partition coefficient (Wildman–Crippen LogP) is -0.0860. The van der Waals surface area contributed by atoms with Gasteiger partial charge in [0.15, 0.2) is 0 Å². The fraction of sp³-hybridized carbons (Fsp3) is 0.867. The molecule has 2 rings (SSSR count). The number of carbonyl (C=O) groups is 2. The molecule has 2 fully saturated rings. The number of rotatable bonds is 4. The molecule has 0 aliphatic carbocycles. The van der Waals surface area contributed by atoms with E-state index in [0.29, 0.717) is 38.8 Å². The average molecular weight is 297 g/mol. The van der Waals surface area contributed by atoms with E-state index in [4.69, 9.17) is 5.11 Å². The molecule has 0 bridgehead atoms. The summed E-state index contributed by atoms with van der Waals surface area (Å²) in [5.74, 6) is 0.240. The second-order valence-electron chi connectivity index (χ2n) is 6.02. The molecule has 0 saturated carbocycles. The van der Waals surface area contributed by atoms with Crippen molar-refractivity contribution < 1.29 is 14.7 Å². The Kier molecular flexibility index (Phi) is 5.99. The molecule has 1 unspecified atom stereocenters. The van der Waals surface area contributed by atoms with Crippen LogP contribution < -0.4 is 0 Å². The van der Waals surface area contributed by atoms with Crippen LogP contribution >= 0.6 is 0 Å². The third-order valence-electron chi connectivity index (χ3n) is 4.63. The number of aliphatic hydroxyl groups is 1. The fourth-order valence-corrected chi connectivity index (χ4v) is 3.29. The van der Waals surface area contributed by atoms with E-state index in [9.17, 15) is 9.59 Å². The lowest BCUT2D eigenvalue weighted by Crippen LogP contribution is -2.53. The molecule has 2 amide bonds. The van der Waals surface area contributed by atoms with Crippen molar-refractivity contribution >= 4 is 11.8 Å². The molecule has 2 heterocycles. The van der Waals surface area contributed by atoms with E-state index < -0.39 is 0 Å². The minimum absolute atomic E-state index is 0.0844. The van der Waals surface area contributed by atoms with Crippen molar-refractivity contribution in [3.63, 3.8) is 0 Å². The molecule has 120 valence electrons. The maximum atomic E-state index is 12.4. The van der Waals surface area contributed by atoms with Gasteiger partial charge in [-0.15, -0.1) is 0 Å². The number of aliphatic hydroxyl groups excluding tert-OH is 1. The van der Waals surface area contributed by atoms with Crippen LogP contribution in [-0.4, -0.2) is 83.5 Å². The highest BCUT2D eigenvalue weighted by Crippen LogP contribution is 2.19. The Morgan fingerprint density at radius 2 is 1.71 bits per heavy atom. The van der Waals surface area contributed by atoms with Gasteiger partial charge in [0.1, 0.15) is 0 Å². The molecule has 0 aromatic heterocycles. The molecular weight excluding hydrogens is 270 g/mol. The molecule has 2 saturated heterocycles. The van der Waals surface area contributed by atoms with Gasteiger partial charge >= 0.3 is 0 Å². The predicted molar refractivity (Wildman–Crippen MR) is 79.7 cm³/mol. The van der Waals surface area contributed by atoms with Crippen LogP contribution in [-0.2, 0) is 9.59 Å². The van der Waals surface area contributed by atoms with Gasteiger partial charge in [-0.05, 0) is 25.8 Å². The van der Waals surface area contributed by atoms with E-state index in [1.807, 2.05) is 4.90 Å². The van der Waals surface area contributed by atoms with E-state index in [-0.39, 0.29) is 18.4 Å². The molecule has 0 radical (unpaired) electrons. The number of carbonyl (C=O) groups excluding carboxylic acids is 2. The monoisotopic (exact) mass is 297 g/mol. The zero-order valence-corrected chi connectivity index (χ0v) is 13.0. The summed E-state index contributed by atoms with van der Waals surface area (Å²) < 4.78 is 0. The number of piperidine rings is 1. The maximum absolute atomic E-state index is 12.4. The van der Waals surface area contributed by atoms with Crippen LogP contribution in [0.5, 0.6) is 0 Å². The SMILES string of the molecule is CC(=O)N1CCN(C(=O)CN2CCCCC2CCO)CC1. The minimum Gasteiger partial charge on any atom is -0.396 e. The number of hydrogen-bond acceptors (Lipinski definition) is 4. The van der Waals surface area contributed by atoms with E-state index >= 15 is 0 Å². The summed E-state index contributed by atoms with van der Waals surface area (Å²) in [5.41, 5.74) is 0. The molecule has 2 aliphatic heterocycles. The largest absolute Gasteiger partial charge is 0.396 e. The van der Waals surface area contributed by atoms with Gasteiger partial charge in [-0.2, -0.15) is 0 Å². The van der Waals surface area contributed by atoms with Crippen LogP contribution in [0, 0.1) is 0 Å². The number of likely N-dealkylation sites (tertiary alicyclic amines) is 1. The first-order valence-electron chi connectivity index (χ1n) is 8.00. The van der Waals surface area contributed by atoms with Crippen molar-refractivity contribution in [2.45, 2.75) is 38.6 Å². The molecule has 1 N–H and O–H groups in total. The molecular formula is C15H27N3O3. The standard InChI is InChI=1S/C15H27N3O3/c1-13(20)16-7-9-17(10-8-16)15(21)12-18-6-3-2-4-14(18)5-11-19/h14,19H,2-12H2,1H3. The lowest BCUT2D eigenvalue weighted by Gasteiger charge is -2.38. The third-order valence-corrected chi connectivity index (χ3v) is 4.63. The van der Waals surface area contributed by atoms with Crippen molar-refractivity contribution in [3.05, 3.63) is 0 Å². The normalized spacial score (nSPS) is 24.2. The summed E-state index contributed by atoms with van der Waals surface area (Å²) in [6.07, 6.45) is 4.15. The Morgan fingerprint density at radius 1 is 1.05 bits per heavy atom. The van der Waals surface area contributed by atoms with Crippen LogP contribution in [0.2, 0.25) is 0 Å². The molecule has 0 spiro atoms. The van der Waals surface area contributed by atoms with E-state index in [2.05, 4.69) is 4.90 Å². The fourth-order valence-electron chi connectivity index (χ4n) is 3.29. The number of amides is 2. The summed E-state index contributed by atoms with van der Waals surface area (Å²) in [5, 5.41) is 9.14. The van der Waals surface area contributed by atoms with Crippen LogP contribution in [0.4, 0.5) is 0 Å². The van der Waals surface area contributed by atoms with Crippen molar-refractivity contribution in [2.75, 3.05) is 45.9 Å². The van der Waals surface area contributed by atoms with Crippen molar-refractivity contribution in [1.29, 1.82) is 0 Å². The van der Waals surface area contributed by atoms with Gasteiger partial charge in [0.25, 0.3) is 0 Å². The van der Waals surface area contributed by atoms with E-state index in [1.165, 1.54) is 6.42 Å². The lowest BCUT2D eigenvalue weighted by atomic mass is 9.99. The number of hydrogen-bond donors (Lipinski definition) is 1. The summed E-state index contributed by atoms with van der Waals surface area (Å²) >= 11 is 0. The molecule has 0 aromatic rings.